The lowest BCUT2D eigenvalue weighted by molar-refractivity contribution is -0.118. The molecular weight excluding hydrogens is 314 g/mol. The number of aryl methyl sites for hydroxylation is 1. The van der Waals surface area contributed by atoms with Crippen LogP contribution >= 0.6 is 11.3 Å². The molecule has 1 aromatic carbocycles. The van der Waals surface area contributed by atoms with Crippen LogP contribution in [0.3, 0.4) is 0 Å². The Morgan fingerprint density at radius 2 is 2.17 bits per heavy atom. The van der Waals surface area contributed by atoms with E-state index in [2.05, 4.69) is 10.3 Å². The van der Waals surface area contributed by atoms with E-state index in [-0.39, 0.29) is 18.4 Å². The topological polar surface area (TPSA) is 71.5 Å². The van der Waals surface area contributed by atoms with Crippen molar-refractivity contribution in [3.05, 3.63) is 35.3 Å². The molecule has 7 heteroatoms. The number of aromatic nitrogens is 1. The van der Waals surface area contributed by atoms with Crippen LogP contribution in [-0.2, 0) is 9.59 Å². The van der Waals surface area contributed by atoms with Gasteiger partial charge in [-0.05, 0) is 37.6 Å². The Balaban J connectivity index is 1.52. The normalized spacial score (nSPS) is 14.1. The monoisotopic (exact) mass is 331 g/mol. The highest BCUT2D eigenvalue weighted by Crippen LogP contribution is 2.24. The molecule has 0 saturated carbocycles. The standard InChI is InChI=1S/C16H17N3O3S/c1-11-9-17-16(23-11)18-14(20)10-22-13-6-4-12(5-7-13)19-8-2-3-15(19)21/h4-7,9H,2-3,8,10H2,1H3,(H,17,18,20). The van der Waals surface area contributed by atoms with Crippen molar-refractivity contribution >= 4 is 34.0 Å². The van der Waals surface area contributed by atoms with Crippen LogP contribution < -0.4 is 15.0 Å². The van der Waals surface area contributed by atoms with Gasteiger partial charge in [0.1, 0.15) is 5.75 Å². The summed E-state index contributed by atoms with van der Waals surface area (Å²) < 4.78 is 5.45. The number of carbonyl (C=O) groups excluding carboxylic acids is 2. The molecule has 1 fully saturated rings. The van der Waals surface area contributed by atoms with Gasteiger partial charge in [-0.15, -0.1) is 11.3 Å². The van der Waals surface area contributed by atoms with Gasteiger partial charge < -0.3 is 9.64 Å². The number of nitrogens with zero attached hydrogens (tertiary/aromatic N) is 2. The minimum atomic E-state index is -0.252. The number of ether oxygens (including phenoxy) is 1. The molecule has 0 atom stereocenters. The van der Waals surface area contributed by atoms with Crippen molar-refractivity contribution in [2.45, 2.75) is 19.8 Å². The highest BCUT2D eigenvalue weighted by molar-refractivity contribution is 7.15. The summed E-state index contributed by atoms with van der Waals surface area (Å²) in [5.41, 5.74) is 0.863. The largest absolute Gasteiger partial charge is 0.484 e. The highest BCUT2D eigenvalue weighted by atomic mass is 32.1. The van der Waals surface area contributed by atoms with Gasteiger partial charge in [-0.3, -0.25) is 14.9 Å². The van der Waals surface area contributed by atoms with E-state index in [4.69, 9.17) is 4.74 Å². The Labute approximate surface area is 138 Å². The van der Waals surface area contributed by atoms with Gasteiger partial charge >= 0.3 is 0 Å². The van der Waals surface area contributed by atoms with Gasteiger partial charge in [0.2, 0.25) is 5.91 Å². The minimum Gasteiger partial charge on any atom is -0.484 e. The molecule has 0 bridgehead atoms. The minimum absolute atomic E-state index is 0.0827. The van der Waals surface area contributed by atoms with E-state index in [1.165, 1.54) is 11.3 Å². The Hall–Kier alpha value is -2.41. The molecule has 1 aliphatic heterocycles. The predicted molar refractivity (Wildman–Crippen MR) is 89.0 cm³/mol. The first-order valence-electron chi connectivity index (χ1n) is 7.37. The fourth-order valence-electron chi connectivity index (χ4n) is 2.36. The third kappa shape index (κ3) is 3.87. The molecule has 0 unspecified atom stereocenters. The average Bonchev–Trinajstić information content (AvgIpc) is 3.14. The van der Waals surface area contributed by atoms with Gasteiger partial charge in [-0.1, -0.05) is 0 Å². The lowest BCUT2D eigenvalue weighted by Gasteiger charge is -2.16. The van der Waals surface area contributed by atoms with Gasteiger partial charge in [-0.2, -0.15) is 0 Å². The van der Waals surface area contributed by atoms with Crippen molar-refractivity contribution in [1.82, 2.24) is 4.98 Å². The summed E-state index contributed by atoms with van der Waals surface area (Å²) >= 11 is 1.42. The second-order valence-electron chi connectivity index (χ2n) is 5.26. The molecule has 1 saturated heterocycles. The number of rotatable bonds is 5. The smallest absolute Gasteiger partial charge is 0.264 e. The number of nitrogens with one attached hydrogen (secondary N) is 1. The van der Waals surface area contributed by atoms with Crippen LogP contribution in [0, 0.1) is 6.92 Å². The molecule has 2 amide bonds. The molecule has 0 spiro atoms. The van der Waals surface area contributed by atoms with Gasteiger partial charge in [-0.25, -0.2) is 4.98 Å². The van der Waals surface area contributed by atoms with Crippen LogP contribution in [0.1, 0.15) is 17.7 Å². The van der Waals surface area contributed by atoms with Crippen LogP contribution in [0.25, 0.3) is 0 Å². The van der Waals surface area contributed by atoms with E-state index in [1.807, 2.05) is 19.1 Å². The first kappa shape index (κ1) is 15.5. The fraction of sp³-hybridized carbons (Fsp3) is 0.312. The summed E-state index contributed by atoms with van der Waals surface area (Å²) in [5, 5.41) is 3.25. The second-order valence-corrected chi connectivity index (χ2v) is 6.49. The average molecular weight is 331 g/mol. The van der Waals surface area contributed by atoms with Crippen LogP contribution in [0.15, 0.2) is 30.5 Å². The number of hydrogen-bond donors (Lipinski definition) is 1. The van der Waals surface area contributed by atoms with Crippen molar-refractivity contribution in [2.75, 3.05) is 23.4 Å². The van der Waals surface area contributed by atoms with Crippen LogP contribution in [0.4, 0.5) is 10.8 Å². The summed E-state index contributed by atoms with van der Waals surface area (Å²) in [6.45, 7) is 2.60. The van der Waals surface area contributed by atoms with Crippen molar-refractivity contribution < 1.29 is 14.3 Å². The van der Waals surface area contributed by atoms with Gasteiger partial charge in [0.15, 0.2) is 11.7 Å². The van der Waals surface area contributed by atoms with E-state index in [0.29, 0.717) is 17.3 Å². The summed E-state index contributed by atoms with van der Waals surface area (Å²) in [7, 11) is 0. The predicted octanol–water partition coefficient (Wildman–Crippen LogP) is 2.60. The Morgan fingerprint density at radius 1 is 1.39 bits per heavy atom. The maximum Gasteiger partial charge on any atom is 0.264 e. The van der Waals surface area contributed by atoms with Crippen molar-refractivity contribution in [3.63, 3.8) is 0 Å². The van der Waals surface area contributed by atoms with E-state index < -0.39 is 0 Å². The van der Waals surface area contributed by atoms with E-state index in [9.17, 15) is 9.59 Å². The zero-order valence-electron chi connectivity index (χ0n) is 12.7. The number of hydrogen-bond acceptors (Lipinski definition) is 5. The summed E-state index contributed by atoms with van der Waals surface area (Å²) in [5.74, 6) is 0.487. The van der Waals surface area contributed by atoms with Gasteiger partial charge in [0.05, 0.1) is 0 Å². The van der Waals surface area contributed by atoms with Crippen molar-refractivity contribution in [3.8, 4) is 5.75 Å². The molecule has 3 rings (SSSR count). The summed E-state index contributed by atoms with van der Waals surface area (Å²) in [6.07, 6.45) is 3.21. The van der Waals surface area contributed by atoms with E-state index in [1.54, 1.807) is 23.2 Å². The third-order valence-electron chi connectivity index (χ3n) is 3.46. The third-order valence-corrected chi connectivity index (χ3v) is 4.29. The SMILES string of the molecule is Cc1cnc(NC(=O)COc2ccc(N3CCCC3=O)cc2)s1. The van der Waals surface area contributed by atoms with Crippen LogP contribution in [0.2, 0.25) is 0 Å². The second kappa shape index (κ2) is 6.78. The number of benzene rings is 1. The van der Waals surface area contributed by atoms with Crippen molar-refractivity contribution in [2.24, 2.45) is 0 Å². The van der Waals surface area contributed by atoms with Gasteiger partial charge in [0, 0.05) is 29.7 Å². The molecule has 120 valence electrons. The molecule has 0 aliphatic carbocycles. The highest BCUT2D eigenvalue weighted by Gasteiger charge is 2.21. The summed E-state index contributed by atoms with van der Waals surface area (Å²) in [6, 6.07) is 7.20. The van der Waals surface area contributed by atoms with E-state index in [0.717, 1.165) is 23.5 Å². The Bertz CT molecular complexity index is 712. The molecule has 1 aliphatic rings. The molecule has 23 heavy (non-hydrogen) atoms. The Morgan fingerprint density at radius 3 is 2.78 bits per heavy atom. The first-order valence-corrected chi connectivity index (χ1v) is 8.19. The zero-order chi connectivity index (χ0) is 16.2. The van der Waals surface area contributed by atoms with Gasteiger partial charge in [0.25, 0.3) is 5.91 Å². The quantitative estimate of drug-likeness (QED) is 0.914. The first-order chi connectivity index (χ1) is 11.1. The lowest BCUT2D eigenvalue weighted by atomic mass is 10.3. The Kier molecular flexibility index (Phi) is 4.57. The number of carbonyl (C=O) groups is 2. The molecule has 1 N–H and O–H groups in total. The van der Waals surface area contributed by atoms with Crippen LogP contribution in [0.5, 0.6) is 5.75 Å². The summed E-state index contributed by atoms with van der Waals surface area (Å²) in [4.78, 5) is 30.3. The maximum atomic E-state index is 11.8. The number of anilines is 2. The molecule has 0 radical (unpaired) electrons. The molecular formula is C16H17N3O3S. The number of amides is 2. The van der Waals surface area contributed by atoms with Crippen LogP contribution in [-0.4, -0.2) is 29.9 Å². The zero-order valence-corrected chi connectivity index (χ0v) is 13.6. The van der Waals surface area contributed by atoms with E-state index >= 15 is 0 Å². The van der Waals surface area contributed by atoms with Crippen molar-refractivity contribution in [1.29, 1.82) is 0 Å². The fourth-order valence-corrected chi connectivity index (χ4v) is 3.04. The number of thiazole rings is 1. The molecule has 6 nitrogen and oxygen atoms in total. The maximum absolute atomic E-state index is 11.8. The molecule has 2 heterocycles. The lowest BCUT2D eigenvalue weighted by Crippen LogP contribution is -2.23. The molecule has 1 aromatic heterocycles. The molecule has 2 aromatic rings.